The van der Waals surface area contributed by atoms with Gasteiger partial charge in [-0.15, -0.1) is 0 Å². The summed E-state index contributed by atoms with van der Waals surface area (Å²) < 4.78 is 39.9. The zero-order valence-electron chi connectivity index (χ0n) is 22.8. The maximum Gasteiger partial charge on any atom is 0.324 e. The number of ether oxygens (including phenoxy) is 2. The molecule has 0 fully saturated rings. The van der Waals surface area contributed by atoms with E-state index >= 15 is 0 Å². The van der Waals surface area contributed by atoms with E-state index in [0.717, 1.165) is 27.7 Å². The Labute approximate surface area is 230 Å². The van der Waals surface area contributed by atoms with Crippen LogP contribution in [0.1, 0.15) is 40.3 Å². The zero-order valence-corrected chi connectivity index (χ0v) is 23.7. The number of sulfonamides is 1. The number of hydrogen-bond donors (Lipinski definition) is 1. The average Bonchev–Trinajstić information content (AvgIpc) is 2.89. The maximum atomic E-state index is 13.0. The summed E-state index contributed by atoms with van der Waals surface area (Å²) in [5.74, 6) is -0.179. The van der Waals surface area contributed by atoms with E-state index in [1.54, 1.807) is 46.8 Å². The Morgan fingerprint density at radius 3 is 2.10 bits per heavy atom. The molecule has 1 unspecified atom stereocenters. The van der Waals surface area contributed by atoms with Gasteiger partial charge in [-0.3, -0.25) is 4.79 Å². The van der Waals surface area contributed by atoms with Crippen molar-refractivity contribution in [2.24, 2.45) is 5.92 Å². The fraction of sp³-hybridized carbons (Fsp3) is 0.290. The average molecular weight is 547 g/mol. The van der Waals surface area contributed by atoms with Gasteiger partial charge in [-0.2, -0.15) is 4.72 Å². The van der Waals surface area contributed by atoms with Crippen LogP contribution in [0.5, 0.6) is 5.75 Å². The van der Waals surface area contributed by atoms with Crippen LogP contribution in [-0.2, 0) is 26.2 Å². The summed E-state index contributed by atoms with van der Waals surface area (Å²) in [4.78, 5) is 17.3. The van der Waals surface area contributed by atoms with Crippen molar-refractivity contribution < 1.29 is 22.7 Å². The summed E-state index contributed by atoms with van der Waals surface area (Å²) in [6.45, 7) is 9.13. The molecule has 0 radical (unpaired) electrons. The molecule has 0 aliphatic heterocycles. The van der Waals surface area contributed by atoms with Crippen LogP contribution in [0.25, 0.3) is 22.0 Å². The number of fused-ring (bicyclic) bond motifs is 1. The summed E-state index contributed by atoms with van der Waals surface area (Å²) in [7, 11) is -3.94. The van der Waals surface area contributed by atoms with Crippen molar-refractivity contribution in [3.05, 3.63) is 90.6 Å². The van der Waals surface area contributed by atoms with Gasteiger partial charge in [0.25, 0.3) is 0 Å². The number of esters is 1. The van der Waals surface area contributed by atoms with Crippen molar-refractivity contribution in [1.29, 1.82) is 0 Å². The Bertz CT molecular complexity index is 1540. The minimum absolute atomic E-state index is 0.0725. The molecule has 0 spiro atoms. The van der Waals surface area contributed by atoms with E-state index < -0.39 is 27.6 Å². The van der Waals surface area contributed by atoms with Gasteiger partial charge in [0.05, 0.1) is 16.1 Å². The SMILES string of the molecule is CC(C)C(NS(=O)(=O)c1ccc(-c2ccc(OCc3ccc4ccccc4n3)cc2)cc1)C(=O)OC(C)(C)C. The second-order valence-corrected chi connectivity index (χ2v) is 12.4. The summed E-state index contributed by atoms with van der Waals surface area (Å²) in [6, 6.07) is 25.1. The fourth-order valence-electron chi connectivity index (χ4n) is 3.97. The molecule has 0 aliphatic rings. The Morgan fingerprint density at radius 2 is 1.49 bits per heavy atom. The second-order valence-electron chi connectivity index (χ2n) is 10.7. The highest BCUT2D eigenvalue weighted by molar-refractivity contribution is 7.89. The van der Waals surface area contributed by atoms with Crippen LogP contribution >= 0.6 is 0 Å². The fourth-order valence-corrected chi connectivity index (χ4v) is 5.31. The Balaban J connectivity index is 1.41. The standard InChI is InChI=1S/C31H34N2O5S/c1-21(2)29(30(34)38-31(3,4)5)33-39(35,36)27-18-13-23(14-19-27)22-11-16-26(17-12-22)37-20-25-15-10-24-8-6-7-9-28(24)32-25/h6-19,21,29,33H,20H2,1-5H3. The molecule has 0 bridgehead atoms. The maximum absolute atomic E-state index is 13.0. The van der Waals surface area contributed by atoms with Crippen molar-refractivity contribution in [3.8, 4) is 16.9 Å². The summed E-state index contributed by atoms with van der Waals surface area (Å²) in [6.07, 6.45) is 0. The third-order valence-corrected chi connectivity index (χ3v) is 7.46. The molecule has 3 aromatic carbocycles. The molecule has 0 saturated carbocycles. The lowest BCUT2D eigenvalue weighted by atomic mass is 10.1. The third-order valence-electron chi connectivity index (χ3n) is 6.00. The summed E-state index contributed by atoms with van der Waals surface area (Å²) >= 11 is 0. The van der Waals surface area contributed by atoms with Crippen LogP contribution in [0.2, 0.25) is 0 Å². The van der Waals surface area contributed by atoms with Gasteiger partial charge < -0.3 is 9.47 Å². The van der Waals surface area contributed by atoms with E-state index in [1.807, 2.05) is 60.7 Å². The quantitative estimate of drug-likeness (QED) is 0.254. The minimum Gasteiger partial charge on any atom is -0.487 e. The number of aromatic nitrogens is 1. The van der Waals surface area contributed by atoms with Gasteiger partial charge in [0.1, 0.15) is 24.0 Å². The third kappa shape index (κ3) is 7.43. The van der Waals surface area contributed by atoms with Gasteiger partial charge in [-0.05, 0) is 74.2 Å². The van der Waals surface area contributed by atoms with Gasteiger partial charge >= 0.3 is 5.97 Å². The first-order valence-electron chi connectivity index (χ1n) is 12.8. The molecule has 0 aliphatic carbocycles. The Morgan fingerprint density at radius 1 is 0.872 bits per heavy atom. The van der Waals surface area contributed by atoms with Crippen molar-refractivity contribution in [2.75, 3.05) is 0 Å². The first-order chi connectivity index (χ1) is 18.4. The lowest BCUT2D eigenvalue weighted by Gasteiger charge is -2.26. The molecule has 8 heteroatoms. The monoisotopic (exact) mass is 546 g/mol. The second kappa shape index (κ2) is 11.6. The molecule has 7 nitrogen and oxygen atoms in total. The van der Waals surface area contributed by atoms with Crippen LogP contribution < -0.4 is 9.46 Å². The Kier molecular flexibility index (Phi) is 8.37. The van der Waals surface area contributed by atoms with E-state index in [4.69, 9.17) is 9.47 Å². The largest absolute Gasteiger partial charge is 0.487 e. The van der Waals surface area contributed by atoms with Crippen LogP contribution in [0.4, 0.5) is 0 Å². The van der Waals surface area contributed by atoms with Gasteiger partial charge in [0, 0.05) is 5.39 Å². The highest BCUT2D eigenvalue weighted by Gasteiger charge is 2.32. The Hall–Kier alpha value is -3.75. The predicted molar refractivity (Wildman–Crippen MR) is 153 cm³/mol. The molecule has 4 aromatic rings. The number of carbonyl (C=O) groups is 1. The summed E-state index contributed by atoms with van der Waals surface area (Å²) in [5.41, 5.74) is 2.82. The molecular formula is C31H34N2O5S. The predicted octanol–water partition coefficient (Wildman–Crippen LogP) is 6.13. The molecule has 4 rings (SSSR count). The highest BCUT2D eigenvalue weighted by atomic mass is 32.2. The van der Waals surface area contributed by atoms with Gasteiger partial charge in [0.2, 0.25) is 10.0 Å². The molecule has 0 saturated heterocycles. The highest BCUT2D eigenvalue weighted by Crippen LogP contribution is 2.25. The molecule has 1 aromatic heterocycles. The molecule has 39 heavy (non-hydrogen) atoms. The van der Waals surface area contributed by atoms with E-state index in [0.29, 0.717) is 12.4 Å². The lowest BCUT2D eigenvalue weighted by Crippen LogP contribution is -2.47. The molecule has 0 amide bonds. The van der Waals surface area contributed by atoms with Crippen molar-refractivity contribution >= 4 is 26.9 Å². The normalized spacial score (nSPS) is 12.9. The first-order valence-corrected chi connectivity index (χ1v) is 14.3. The number of rotatable bonds is 9. The van der Waals surface area contributed by atoms with Crippen molar-refractivity contribution in [2.45, 2.75) is 57.8 Å². The van der Waals surface area contributed by atoms with E-state index in [1.165, 1.54) is 12.1 Å². The lowest BCUT2D eigenvalue weighted by molar-refractivity contribution is -0.158. The van der Waals surface area contributed by atoms with Crippen molar-refractivity contribution in [1.82, 2.24) is 9.71 Å². The number of carbonyl (C=O) groups excluding carboxylic acids is 1. The minimum atomic E-state index is -3.94. The van der Waals surface area contributed by atoms with Crippen LogP contribution in [0, 0.1) is 5.92 Å². The number of pyridine rings is 1. The molecule has 1 heterocycles. The van der Waals surface area contributed by atoms with Gasteiger partial charge in [-0.25, -0.2) is 13.4 Å². The van der Waals surface area contributed by atoms with Crippen LogP contribution in [-0.4, -0.2) is 31.0 Å². The smallest absolute Gasteiger partial charge is 0.324 e. The molecule has 1 N–H and O–H groups in total. The van der Waals surface area contributed by atoms with Crippen LogP contribution in [0.3, 0.4) is 0 Å². The molecular weight excluding hydrogens is 512 g/mol. The van der Waals surface area contributed by atoms with E-state index in [2.05, 4.69) is 9.71 Å². The number of nitrogens with one attached hydrogen (secondary N) is 1. The first kappa shape index (κ1) is 28.3. The van der Waals surface area contributed by atoms with Crippen LogP contribution in [0.15, 0.2) is 89.8 Å². The van der Waals surface area contributed by atoms with Gasteiger partial charge in [0.15, 0.2) is 0 Å². The zero-order chi connectivity index (χ0) is 28.2. The number of para-hydroxylation sites is 1. The number of nitrogens with zero attached hydrogens (tertiary/aromatic N) is 1. The number of benzene rings is 3. The molecule has 1 atom stereocenters. The molecule has 204 valence electrons. The van der Waals surface area contributed by atoms with E-state index in [9.17, 15) is 13.2 Å². The van der Waals surface area contributed by atoms with E-state index in [-0.39, 0.29) is 10.8 Å². The number of hydrogen-bond acceptors (Lipinski definition) is 6. The van der Waals surface area contributed by atoms with Gasteiger partial charge in [-0.1, -0.05) is 62.4 Å². The summed E-state index contributed by atoms with van der Waals surface area (Å²) in [5, 5.41) is 1.09. The topological polar surface area (TPSA) is 94.6 Å². The van der Waals surface area contributed by atoms with Crippen molar-refractivity contribution in [3.63, 3.8) is 0 Å².